The zero-order valence-electron chi connectivity index (χ0n) is 45.6. The normalized spacial score (nSPS) is 17.1. The summed E-state index contributed by atoms with van der Waals surface area (Å²) in [5, 5.41) is 37.5. The molecule has 6 aromatic heterocycles. The Hall–Kier alpha value is -9.02. The molecule has 8 aromatic rings. The number of piperidine rings is 1. The van der Waals surface area contributed by atoms with E-state index in [2.05, 4.69) is 61.6 Å². The summed E-state index contributed by atoms with van der Waals surface area (Å²) in [5.74, 6) is 3.75. The van der Waals surface area contributed by atoms with Crippen LogP contribution in [0.15, 0.2) is 110 Å². The Morgan fingerprint density at radius 3 is 1.48 bits per heavy atom. The molecule has 3 aliphatic heterocycles. The van der Waals surface area contributed by atoms with Gasteiger partial charge in [0.1, 0.15) is 50.8 Å². The van der Waals surface area contributed by atoms with E-state index in [1.165, 1.54) is 19.3 Å². The Labute approximate surface area is 467 Å². The molecule has 3 amide bonds. The van der Waals surface area contributed by atoms with E-state index in [1.807, 2.05) is 56.0 Å². The van der Waals surface area contributed by atoms with Crippen LogP contribution in [0.1, 0.15) is 90.6 Å². The van der Waals surface area contributed by atoms with E-state index in [1.54, 1.807) is 86.3 Å². The fourth-order valence-electron chi connectivity index (χ4n) is 9.77. The van der Waals surface area contributed by atoms with Crippen molar-refractivity contribution in [2.75, 3.05) is 60.8 Å². The van der Waals surface area contributed by atoms with Gasteiger partial charge in [-0.3, -0.25) is 29.4 Å². The molecule has 1 atom stereocenters. The minimum Gasteiger partial charge on any atom is -0.481 e. The highest BCUT2D eigenvalue weighted by Gasteiger charge is 2.44. The lowest BCUT2D eigenvalue weighted by molar-refractivity contribution is -0.175. The molecular weight excluding hydrogens is 1030 g/mol. The average molecular weight is 1100 g/mol. The van der Waals surface area contributed by atoms with Crippen molar-refractivity contribution in [3.8, 4) is 23.0 Å². The van der Waals surface area contributed by atoms with Crippen molar-refractivity contribution >= 4 is 69.0 Å². The molecule has 1 saturated carbocycles. The van der Waals surface area contributed by atoms with E-state index in [4.69, 9.17) is 24.1 Å². The van der Waals surface area contributed by atoms with E-state index in [0.29, 0.717) is 102 Å². The van der Waals surface area contributed by atoms with Crippen molar-refractivity contribution in [3.63, 3.8) is 0 Å². The van der Waals surface area contributed by atoms with Gasteiger partial charge < -0.3 is 50.2 Å². The van der Waals surface area contributed by atoms with Gasteiger partial charge >= 0.3 is 5.97 Å². The Morgan fingerprint density at radius 2 is 1.05 bits per heavy atom. The number of anilines is 4. The topological polar surface area (TPSA) is 286 Å². The lowest BCUT2D eigenvalue weighted by Crippen LogP contribution is -2.56. The molecule has 0 bridgehead atoms. The molecule has 22 nitrogen and oxygen atoms in total. The summed E-state index contributed by atoms with van der Waals surface area (Å²) in [7, 11) is 0. The highest BCUT2D eigenvalue weighted by atomic mass is 16.5. The highest BCUT2D eigenvalue weighted by Crippen LogP contribution is 2.37. The molecule has 0 unspecified atom stereocenters. The number of likely N-dealkylation sites (tertiary alicyclic amines) is 1. The van der Waals surface area contributed by atoms with Crippen LogP contribution in [0.2, 0.25) is 0 Å². The number of rotatable bonds is 14. The van der Waals surface area contributed by atoms with Crippen molar-refractivity contribution in [1.29, 1.82) is 0 Å². The number of nitrogens with zero attached hydrogens (tertiary/aromatic N) is 7. The fraction of sp³-hybridized carbons (Fsp3) is 0.356. The van der Waals surface area contributed by atoms with Gasteiger partial charge in [-0.15, -0.1) is 0 Å². The van der Waals surface area contributed by atoms with Crippen LogP contribution in [0.25, 0.3) is 22.1 Å². The van der Waals surface area contributed by atoms with E-state index in [9.17, 15) is 19.2 Å². The molecule has 0 radical (unpaired) electrons. The third kappa shape index (κ3) is 13.4. The summed E-state index contributed by atoms with van der Waals surface area (Å²) in [6, 6.07) is 25.4. The Balaban J connectivity index is 0.000000162. The van der Waals surface area contributed by atoms with Gasteiger partial charge in [0.25, 0.3) is 11.8 Å². The van der Waals surface area contributed by atoms with Gasteiger partial charge in [0.05, 0.1) is 31.8 Å². The van der Waals surface area contributed by atoms with Crippen LogP contribution in [0.5, 0.6) is 23.0 Å². The Bertz CT molecular complexity index is 3520. The third-order valence-electron chi connectivity index (χ3n) is 14.6. The maximum absolute atomic E-state index is 13.0. The van der Waals surface area contributed by atoms with Crippen molar-refractivity contribution in [3.05, 3.63) is 132 Å². The highest BCUT2D eigenvalue weighted by molar-refractivity contribution is 6.04. The Morgan fingerprint density at radius 1 is 0.593 bits per heavy atom. The number of amides is 3. The number of hydrogen-bond acceptors (Lipinski definition) is 16. The summed E-state index contributed by atoms with van der Waals surface area (Å²) in [5.41, 5.74) is 3.31. The number of aliphatic carboxylic acids is 1. The molecule has 7 N–H and O–H groups in total. The molecule has 3 saturated heterocycles. The summed E-state index contributed by atoms with van der Waals surface area (Å²) in [6.45, 7) is 10.6. The number of carbonyl (C=O) groups excluding carboxylic acids is 3. The number of carboxylic acid groups (broad SMARTS) is 1. The monoisotopic (exact) mass is 1100 g/mol. The largest absolute Gasteiger partial charge is 0.481 e. The zero-order chi connectivity index (χ0) is 56.5. The lowest BCUT2D eigenvalue weighted by atomic mass is 9.86. The number of H-pyrrole nitrogens is 2. The SMILES string of the molecule is CC1(C(=O)O)COC1.Cc1ccnc(NC(=O)c2ccc(Oc3ccnc4[nH]nc(NC5CCCCC5)c34)cc2)c1.Cc1ccnc(NC(=O)c2ccc(Oc3ccnc4[nH]nc(N[C@@H]5CCCN(C(=O)C6(C)COC6)C5)c34)cc2)c1. The maximum Gasteiger partial charge on any atom is 0.314 e. The molecule has 4 aliphatic rings. The number of carbonyl (C=O) groups is 4. The van der Waals surface area contributed by atoms with Crippen LogP contribution in [0.4, 0.5) is 23.3 Å². The van der Waals surface area contributed by atoms with Crippen molar-refractivity contribution in [2.45, 2.75) is 84.7 Å². The first-order valence-electron chi connectivity index (χ1n) is 27.1. The number of hydrogen-bond donors (Lipinski definition) is 7. The summed E-state index contributed by atoms with van der Waals surface area (Å²) >= 11 is 0. The molecule has 420 valence electrons. The average Bonchev–Trinajstić information content (AvgIpc) is 4.13. The molecule has 81 heavy (non-hydrogen) atoms. The van der Waals surface area contributed by atoms with Crippen molar-refractivity contribution in [2.24, 2.45) is 10.8 Å². The van der Waals surface area contributed by atoms with Crippen LogP contribution < -0.4 is 30.7 Å². The number of pyridine rings is 4. The second kappa shape index (κ2) is 24.6. The smallest absolute Gasteiger partial charge is 0.314 e. The van der Waals surface area contributed by atoms with E-state index < -0.39 is 16.8 Å². The second-order valence-corrected chi connectivity index (χ2v) is 21.4. The molecule has 22 heteroatoms. The number of carboxylic acids is 1. The van der Waals surface area contributed by atoms with Gasteiger partial charge in [-0.2, -0.15) is 10.2 Å². The van der Waals surface area contributed by atoms with Crippen LogP contribution in [0, 0.1) is 24.7 Å². The van der Waals surface area contributed by atoms with Gasteiger partial charge in [0.2, 0.25) is 5.91 Å². The maximum atomic E-state index is 13.0. The fourth-order valence-corrected chi connectivity index (χ4v) is 9.77. The Kier molecular flexibility index (Phi) is 16.8. The second-order valence-electron chi connectivity index (χ2n) is 21.4. The van der Waals surface area contributed by atoms with E-state index >= 15 is 0 Å². The van der Waals surface area contributed by atoms with Gasteiger partial charge in [-0.05, 0) is 137 Å². The molecule has 4 fully saturated rings. The molecule has 0 spiro atoms. The van der Waals surface area contributed by atoms with E-state index in [-0.39, 0.29) is 23.8 Å². The van der Waals surface area contributed by atoms with Gasteiger partial charge in [0, 0.05) is 73.2 Å². The van der Waals surface area contributed by atoms with E-state index in [0.717, 1.165) is 59.9 Å². The quantitative estimate of drug-likeness (QED) is 0.0533. The summed E-state index contributed by atoms with van der Waals surface area (Å²) in [6.07, 6.45) is 14.6. The number of aryl methyl sites for hydroxylation is 2. The van der Waals surface area contributed by atoms with Crippen LogP contribution in [-0.2, 0) is 19.1 Å². The molecule has 2 aromatic carbocycles. The number of aromatic amines is 2. The number of fused-ring (bicyclic) bond motifs is 2. The van der Waals surface area contributed by atoms with Crippen LogP contribution >= 0.6 is 0 Å². The number of nitrogens with one attached hydrogen (secondary N) is 6. The van der Waals surface area contributed by atoms with Gasteiger partial charge in [0.15, 0.2) is 22.9 Å². The number of aromatic nitrogens is 8. The van der Waals surface area contributed by atoms with Gasteiger partial charge in [-0.25, -0.2) is 19.9 Å². The molecular formula is C59H65N13O9. The first-order valence-corrected chi connectivity index (χ1v) is 27.1. The predicted molar refractivity (Wildman–Crippen MR) is 304 cm³/mol. The minimum atomic E-state index is -0.760. The lowest BCUT2D eigenvalue weighted by Gasteiger charge is -2.43. The predicted octanol–water partition coefficient (Wildman–Crippen LogP) is 9.70. The standard InChI is InChI=1S/C29H31N7O4.C25H26N6O2.C5H8O3/c1-18-9-11-30-23(14-18)33-27(37)19-5-7-21(8-6-19)40-22-10-12-31-25-24(22)26(35-34-25)32-20-4-3-13-36(15-20)28(38)29(2)16-39-17-29;1-16-11-13-26-21(15-16)29-25(32)17-7-9-19(10-8-17)33-20-12-14-27-23-22(20)24(31-30-23)28-18-5-3-2-4-6-18;1-5(4(6)7)2-8-3-5/h5-12,14,20H,3-4,13,15-17H2,1-2H3,(H,30,33,37)(H2,31,32,34,35);7-15,18H,2-6H2,1H3,(H,26,29,32)(H2,27,28,30,31);2-3H2,1H3,(H,6,7)/t20-;;/m1../s1. The van der Waals surface area contributed by atoms with Crippen molar-refractivity contribution in [1.82, 2.24) is 45.2 Å². The zero-order valence-corrected chi connectivity index (χ0v) is 45.6. The first-order chi connectivity index (χ1) is 39.2. The van der Waals surface area contributed by atoms with Crippen molar-refractivity contribution < 1.29 is 43.2 Å². The molecule has 9 heterocycles. The summed E-state index contributed by atoms with van der Waals surface area (Å²) in [4.78, 5) is 67.5. The summed E-state index contributed by atoms with van der Waals surface area (Å²) < 4.78 is 22.4. The van der Waals surface area contributed by atoms with Gasteiger partial charge in [-0.1, -0.05) is 19.3 Å². The first kappa shape index (κ1) is 55.3. The number of ether oxygens (including phenoxy) is 4. The van der Waals surface area contributed by atoms with Crippen LogP contribution in [0.3, 0.4) is 0 Å². The molecule has 12 rings (SSSR count). The third-order valence-corrected chi connectivity index (χ3v) is 14.6. The molecule has 1 aliphatic carbocycles. The van der Waals surface area contributed by atoms with Crippen LogP contribution in [-0.4, -0.2) is 126 Å². The minimum absolute atomic E-state index is 0.0440. The number of benzene rings is 2.